The second kappa shape index (κ2) is 8.19. The van der Waals surface area contributed by atoms with Crippen molar-refractivity contribution in [2.45, 2.75) is 53.8 Å². The van der Waals surface area contributed by atoms with Crippen LogP contribution in [-0.4, -0.2) is 11.7 Å². The number of hydrogen-bond acceptors (Lipinski definition) is 1. The summed E-state index contributed by atoms with van der Waals surface area (Å²) in [4.78, 5) is 0. The number of aliphatic hydroxyl groups is 1. The smallest absolute Gasteiger partial charge is 0.0626 e. The molecule has 1 aliphatic rings. The molecule has 0 spiro atoms. The zero-order chi connectivity index (χ0) is 20.1. The third-order valence-electron chi connectivity index (χ3n) is 3.89. The van der Waals surface area contributed by atoms with Gasteiger partial charge in [0.1, 0.15) is 0 Å². The maximum Gasteiger partial charge on any atom is 0.0626 e. The molecule has 1 aliphatic carbocycles. The zero-order valence-corrected chi connectivity index (χ0v) is 13.6. The largest absolute Gasteiger partial charge is 0.392 e. The van der Waals surface area contributed by atoms with E-state index in [4.69, 9.17) is 12.0 Å². The van der Waals surface area contributed by atoms with E-state index in [9.17, 15) is 0 Å². The Morgan fingerprint density at radius 2 is 2.19 bits per heavy atom. The van der Waals surface area contributed by atoms with Crippen molar-refractivity contribution in [3.8, 4) is 0 Å². The fraction of sp³-hybridized carbons (Fsp3) is 0.500. The van der Waals surface area contributed by atoms with Crippen LogP contribution in [0.5, 0.6) is 0 Å². The Morgan fingerprint density at radius 3 is 2.81 bits per heavy atom. The lowest BCUT2D eigenvalue weighted by molar-refractivity contribution is 0.342. The van der Waals surface area contributed by atoms with Crippen molar-refractivity contribution in [1.82, 2.24) is 0 Å². The molecule has 0 aromatic rings. The molecule has 1 nitrogen and oxygen atoms in total. The molecule has 0 atom stereocenters. The Bertz CT molecular complexity index is 673. The second-order valence-corrected chi connectivity index (χ2v) is 6.20. The molecular formula is C20H30O. The summed E-state index contributed by atoms with van der Waals surface area (Å²) in [5.41, 5.74) is 2.55. The van der Waals surface area contributed by atoms with Crippen molar-refractivity contribution >= 4 is 0 Å². The average Bonchev–Trinajstić information content (AvgIpc) is 2.48. The summed E-state index contributed by atoms with van der Waals surface area (Å²) in [6.45, 7) is 5.34. The number of hydrogen-bond donors (Lipinski definition) is 1. The van der Waals surface area contributed by atoms with Gasteiger partial charge in [-0.3, -0.25) is 0 Å². The van der Waals surface area contributed by atoms with Crippen LogP contribution in [0.3, 0.4) is 0 Å². The predicted octanol–water partition coefficient (Wildman–Crippen LogP) is 5.51. The first kappa shape index (κ1) is 11.3. The van der Waals surface area contributed by atoms with Gasteiger partial charge < -0.3 is 5.11 Å². The minimum absolute atomic E-state index is 0.104. The van der Waals surface area contributed by atoms with Crippen LogP contribution in [0.1, 0.15) is 60.7 Å². The van der Waals surface area contributed by atoms with E-state index in [1.807, 2.05) is 6.92 Å². The van der Waals surface area contributed by atoms with Gasteiger partial charge in [0.25, 0.3) is 0 Å². The van der Waals surface area contributed by atoms with Gasteiger partial charge in [-0.15, -0.1) is 0 Å². The summed E-state index contributed by atoms with van der Waals surface area (Å²) < 4.78 is 39.9. The topological polar surface area (TPSA) is 20.2 Å². The molecule has 0 aliphatic heterocycles. The molecule has 0 aromatic carbocycles. The van der Waals surface area contributed by atoms with Crippen molar-refractivity contribution in [2.75, 3.05) is 6.61 Å². The highest BCUT2D eigenvalue weighted by Crippen LogP contribution is 2.40. The van der Waals surface area contributed by atoms with Gasteiger partial charge in [-0.25, -0.2) is 0 Å². The quantitative estimate of drug-likeness (QED) is 0.662. The number of aliphatic hydroxyl groups excluding tert-OH is 1. The first-order valence-electron chi connectivity index (χ1n) is 9.96. The van der Waals surface area contributed by atoms with E-state index in [1.54, 1.807) is 25.2 Å². The van der Waals surface area contributed by atoms with Gasteiger partial charge in [-0.1, -0.05) is 67.0 Å². The van der Waals surface area contributed by atoms with Gasteiger partial charge in [-0.2, -0.15) is 0 Å². The van der Waals surface area contributed by atoms with Crippen LogP contribution in [0, 0.1) is 5.41 Å². The minimum atomic E-state index is -2.54. The van der Waals surface area contributed by atoms with Crippen molar-refractivity contribution in [2.24, 2.45) is 5.41 Å². The van der Waals surface area contributed by atoms with Gasteiger partial charge in [0.2, 0.25) is 0 Å². The Kier molecular flexibility index (Phi) is 4.39. The highest BCUT2D eigenvalue weighted by Gasteiger charge is 2.26. The molecule has 0 saturated heterocycles. The lowest BCUT2D eigenvalue weighted by atomic mass is 9.72. The Labute approximate surface area is 137 Å². The van der Waals surface area contributed by atoms with Crippen LogP contribution in [0.25, 0.3) is 0 Å². The molecule has 0 saturated carbocycles. The molecule has 1 rings (SSSR count). The minimum Gasteiger partial charge on any atom is -0.392 e. The van der Waals surface area contributed by atoms with E-state index >= 15 is 0 Å². The van der Waals surface area contributed by atoms with Crippen molar-refractivity contribution in [3.05, 3.63) is 58.7 Å². The molecule has 1 heteroatoms. The third-order valence-corrected chi connectivity index (χ3v) is 3.89. The monoisotopic (exact) mass is 291 g/mol. The maximum absolute atomic E-state index is 8.88. The molecule has 21 heavy (non-hydrogen) atoms. The van der Waals surface area contributed by atoms with E-state index in [1.165, 1.54) is 11.6 Å². The lowest BCUT2D eigenvalue weighted by Crippen LogP contribution is -2.19. The van der Waals surface area contributed by atoms with Gasteiger partial charge in [0, 0.05) is 4.11 Å². The SMILES string of the molecule is [2H]C(/C=C/C(C)=C/CO)=C(/C([2H])=C/C1=C(C)CCCC1(C)C)C([2H])([2H])[2H]. The summed E-state index contributed by atoms with van der Waals surface area (Å²) >= 11 is 0. The van der Waals surface area contributed by atoms with Gasteiger partial charge >= 0.3 is 0 Å². The van der Waals surface area contributed by atoms with Gasteiger partial charge in [0.15, 0.2) is 0 Å². The lowest BCUT2D eigenvalue weighted by Gasteiger charge is -2.32. The van der Waals surface area contributed by atoms with Crippen LogP contribution < -0.4 is 0 Å². The molecule has 0 heterocycles. The van der Waals surface area contributed by atoms with Crippen LogP contribution in [0.15, 0.2) is 58.7 Å². The average molecular weight is 291 g/mol. The summed E-state index contributed by atoms with van der Waals surface area (Å²) in [6, 6.07) is -0.337. The first-order valence-corrected chi connectivity index (χ1v) is 7.46. The van der Waals surface area contributed by atoms with Crippen LogP contribution >= 0.6 is 0 Å². The van der Waals surface area contributed by atoms with E-state index in [2.05, 4.69) is 13.8 Å². The summed E-state index contributed by atoms with van der Waals surface area (Å²) in [5.74, 6) is 0. The highest BCUT2D eigenvalue weighted by molar-refractivity contribution is 5.37. The van der Waals surface area contributed by atoms with Crippen LogP contribution in [-0.2, 0) is 0 Å². The zero-order valence-electron chi connectivity index (χ0n) is 18.6. The Balaban J connectivity index is 3.42. The Hall–Kier alpha value is -1.34. The van der Waals surface area contributed by atoms with Gasteiger partial charge in [-0.05, 0) is 50.9 Å². The molecule has 0 amide bonds. The van der Waals surface area contributed by atoms with E-state index < -0.39 is 6.85 Å². The molecule has 116 valence electrons. The van der Waals surface area contributed by atoms with Crippen molar-refractivity contribution < 1.29 is 12.0 Å². The molecule has 0 fully saturated rings. The first-order chi connectivity index (χ1) is 11.9. The van der Waals surface area contributed by atoms with Crippen LogP contribution in [0.2, 0.25) is 0 Å². The normalized spacial score (nSPS) is 25.9. The maximum atomic E-state index is 8.88. The van der Waals surface area contributed by atoms with Crippen molar-refractivity contribution in [3.63, 3.8) is 0 Å². The number of rotatable bonds is 5. The van der Waals surface area contributed by atoms with E-state index in [-0.39, 0.29) is 29.7 Å². The van der Waals surface area contributed by atoms with Crippen LogP contribution in [0.4, 0.5) is 0 Å². The molecule has 0 bridgehead atoms. The molecule has 0 unspecified atom stereocenters. The van der Waals surface area contributed by atoms with Gasteiger partial charge in [0.05, 0.1) is 9.35 Å². The van der Waals surface area contributed by atoms with E-state index in [0.717, 1.165) is 30.4 Å². The third kappa shape index (κ3) is 5.89. The van der Waals surface area contributed by atoms with Crippen molar-refractivity contribution in [1.29, 1.82) is 0 Å². The molecule has 1 N–H and O–H groups in total. The molecular weight excluding hydrogens is 256 g/mol. The summed E-state index contributed by atoms with van der Waals surface area (Å²) in [6.07, 6.45) is 9.19. The number of allylic oxidation sites excluding steroid dienone is 9. The fourth-order valence-electron chi connectivity index (χ4n) is 2.62. The molecule has 0 radical (unpaired) electrons. The summed E-state index contributed by atoms with van der Waals surface area (Å²) in [7, 11) is 0. The van der Waals surface area contributed by atoms with E-state index in [0.29, 0.717) is 0 Å². The second-order valence-electron chi connectivity index (χ2n) is 6.20. The standard InChI is InChI=1S/C20H30O/c1-16(8-6-9-17(2)13-15-21)11-12-19-18(3)10-7-14-20(19,4)5/h6,8-9,11-13,21H,7,10,14-15H2,1-5H3/b9-6+,12-11+,16-8-,17-13+/i1D3,8D,11D. The summed E-state index contributed by atoms with van der Waals surface area (Å²) in [5, 5.41) is 8.88. The fourth-order valence-corrected chi connectivity index (χ4v) is 2.62. The Morgan fingerprint density at radius 1 is 1.43 bits per heavy atom. The predicted molar refractivity (Wildman–Crippen MR) is 93.2 cm³/mol. The highest BCUT2D eigenvalue weighted by atomic mass is 16.2. The molecule has 0 aromatic heterocycles.